The summed E-state index contributed by atoms with van der Waals surface area (Å²) in [6.45, 7) is 3.91. The van der Waals surface area contributed by atoms with Gasteiger partial charge in [0.1, 0.15) is 0 Å². The number of morpholine rings is 1. The van der Waals surface area contributed by atoms with Crippen molar-refractivity contribution in [2.75, 3.05) is 19.6 Å². The van der Waals surface area contributed by atoms with Crippen LogP contribution in [0.1, 0.15) is 24.5 Å². The van der Waals surface area contributed by atoms with Crippen LogP contribution in [-0.2, 0) is 25.5 Å². The Morgan fingerprint density at radius 1 is 1.24 bits per heavy atom. The number of carboxylic acids is 1. The molecule has 1 heterocycles. The first-order valence-electron chi connectivity index (χ1n) is 8.33. The van der Waals surface area contributed by atoms with Crippen LogP contribution in [0.15, 0.2) is 24.3 Å². The summed E-state index contributed by atoms with van der Waals surface area (Å²) in [6.07, 6.45) is -0.468. The molecule has 2 rings (SSSR count). The molecule has 136 valence electrons. The van der Waals surface area contributed by atoms with Crippen molar-refractivity contribution in [2.24, 2.45) is 0 Å². The van der Waals surface area contributed by atoms with Crippen molar-refractivity contribution < 1.29 is 24.2 Å². The second-order valence-corrected chi connectivity index (χ2v) is 6.33. The minimum absolute atomic E-state index is 0.00224. The molecule has 0 bridgehead atoms. The number of hydrogen-bond acceptors (Lipinski definition) is 4. The number of benzene rings is 1. The van der Waals surface area contributed by atoms with Gasteiger partial charge in [-0.05, 0) is 25.8 Å². The lowest BCUT2D eigenvalue weighted by Gasteiger charge is -2.34. The molecule has 1 aliphatic rings. The number of hydrogen-bond donors (Lipinski definition) is 2. The number of nitrogens with zero attached hydrogens (tertiary/aromatic N) is 1. The van der Waals surface area contributed by atoms with E-state index in [9.17, 15) is 14.4 Å². The summed E-state index contributed by atoms with van der Waals surface area (Å²) in [4.78, 5) is 36.6. The van der Waals surface area contributed by atoms with E-state index in [1.807, 2.05) is 31.2 Å². The molecule has 1 fully saturated rings. The van der Waals surface area contributed by atoms with Gasteiger partial charge >= 0.3 is 5.97 Å². The van der Waals surface area contributed by atoms with Gasteiger partial charge in [-0.25, -0.2) is 4.79 Å². The van der Waals surface area contributed by atoms with Crippen LogP contribution < -0.4 is 5.32 Å². The van der Waals surface area contributed by atoms with Gasteiger partial charge < -0.3 is 20.1 Å². The lowest BCUT2D eigenvalue weighted by molar-refractivity contribution is -0.166. The number of carbonyl (C=O) groups is 3. The molecule has 0 saturated carbocycles. The number of rotatable bonds is 6. The molecule has 7 heteroatoms. The highest BCUT2D eigenvalue weighted by Crippen LogP contribution is 2.11. The number of aryl methyl sites for hydroxylation is 2. The molecule has 1 aliphatic heterocycles. The average Bonchev–Trinajstić information content (AvgIpc) is 2.58. The van der Waals surface area contributed by atoms with Gasteiger partial charge in [-0.2, -0.15) is 0 Å². The van der Waals surface area contributed by atoms with Crippen LogP contribution in [0.4, 0.5) is 0 Å². The lowest BCUT2D eigenvalue weighted by atomic mass is 10.1. The number of nitrogens with one attached hydrogen (secondary N) is 1. The second-order valence-electron chi connectivity index (χ2n) is 6.33. The summed E-state index contributed by atoms with van der Waals surface area (Å²) in [7, 11) is 0. The molecule has 0 aromatic heterocycles. The van der Waals surface area contributed by atoms with Crippen LogP contribution in [0.3, 0.4) is 0 Å². The molecule has 25 heavy (non-hydrogen) atoms. The maximum atomic E-state index is 12.2. The molecule has 1 unspecified atom stereocenters. The minimum atomic E-state index is -1.09. The standard InChI is InChI=1S/C18H24N2O5/c1-12-3-5-14(6-4-12)7-8-16(21)19-9-17(22)20-10-13(2)25-15(11-20)18(23)24/h3-6,13,15H,7-11H2,1-2H3,(H,19,21)(H,23,24)/t13-,15?/m1/s1. The van der Waals surface area contributed by atoms with Crippen LogP contribution in [-0.4, -0.2) is 59.6 Å². The third kappa shape index (κ3) is 5.86. The smallest absolute Gasteiger partial charge is 0.334 e. The number of aliphatic carboxylic acids is 1. The molecule has 0 aliphatic carbocycles. The second kappa shape index (κ2) is 8.62. The predicted octanol–water partition coefficient (Wildman–Crippen LogP) is 0.744. The SMILES string of the molecule is Cc1ccc(CCC(=O)NCC(=O)N2CC(C(=O)O)O[C@H](C)C2)cc1. The Labute approximate surface area is 147 Å². The van der Waals surface area contributed by atoms with E-state index in [1.165, 1.54) is 10.5 Å². The topological polar surface area (TPSA) is 95.9 Å². The first-order valence-corrected chi connectivity index (χ1v) is 8.33. The average molecular weight is 348 g/mol. The molecule has 7 nitrogen and oxygen atoms in total. The predicted molar refractivity (Wildman–Crippen MR) is 91.1 cm³/mol. The molecule has 1 aromatic rings. The van der Waals surface area contributed by atoms with Crippen molar-refractivity contribution in [1.29, 1.82) is 0 Å². The Morgan fingerprint density at radius 2 is 1.92 bits per heavy atom. The van der Waals surface area contributed by atoms with E-state index < -0.39 is 12.1 Å². The molecule has 1 aromatic carbocycles. The van der Waals surface area contributed by atoms with Gasteiger partial charge in [0.2, 0.25) is 11.8 Å². The van der Waals surface area contributed by atoms with Gasteiger partial charge in [0.25, 0.3) is 0 Å². The van der Waals surface area contributed by atoms with E-state index in [2.05, 4.69) is 5.32 Å². The Morgan fingerprint density at radius 3 is 2.56 bits per heavy atom. The summed E-state index contributed by atoms with van der Waals surface area (Å²) in [5, 5.41) is 11.6. The molecule has 2 N–H and O–H groups in total. The first-order chi connectivity index (χ1) is 11.8. The van der Waals surface area contributed by atoms with Crippen molar-refractivity contribution in [3.8, 4) is 0 Å². The Bertz CT molecular complexity index is 629. The van der Waals surface area contributed by atoms with Gasteiger partial charge in [0.15, 0.2) is 6.10 Å². The minimum Gasteiger partial charge on any atom is -0.479 e. The molecule has 0 radical (unpaired) electrons. The largest absolute Gasteiger partial charge is 0.479 e. The maximum Gasteiger partial charge on any atom is 0.334 e. The molecule has 2 atom stereocenters. The zero-order chi connectivity index (χ0) is 18.4. The van der Waals surface area contributed by atoms with Crippen LogP contribution in [0.25, 0.3) is 0 Å². The number of carboxylic acid groups (broad SMARTS) is 1. The van der Waals surface area contributed by atoms with Gasteiger partial charge in [0, 0.05) is 13.0 Å². The maximum absolute atomic E-state index is 12.2. The summed E-state index contributed by atoms with van der Waals surface area (Å²) < 4.78 is 5.27. The van der Waals surface area contributed by atoms with E-state index >= 15 is 0 Å². The van der Waals surface area contributed by atoms with Crippen LogP contribution >= 0.6 is 0 Å². The van der Waals surface area contributed by atoms with Crippen LogP contribution in [0.2, 0.25) is 0 Å². The number of ether oxygens (including phenoxy) is 1. The van der Waals surface area contributed by atoms with Crippen molar-refractivity contribution in [2.45, 2.75) is 38.9 Å². The highest BCUT2D eigenvalue weighted by Gasteiger charge is 2.32. The summed E-state index contributed by atoms with van der Waals surface area (Å²) >= 11 is 0. The van der Waals surface area contributed by atoms with Crippen molar-refractivity contribution in [1.82, 2.24) is 10.2 Å². The van der Waals surface area contributed by atoms with Crippen molar-refractivity contribution >= 4 is 17.8 Å². The normalized spacial score (nSPS) is 20.2. The molecule has 0 spiro atoms. The fraction of sp³-hybridized carbons (Fsp3) is 0.500. The summed E-state index contributed by atoms with van der Waals surface area (Å²) in [5.41, 5.74) is 2.23. The summed E-state index contributed by atoms with van der Waals surface area (Å²) in [6, 6.07) is 7.95. The molecule has 1 saturated heterocycles. The Kier molecular flexibility index (Phi) is 6.52. The van der Waals surface area contributed by atoms with Gasteiger partial charge in [-0.15, -0.1) is 0 Å². The van der Waals surface area contributed by atoms with E-state index in [4.69, 9.17) is 9.84 Å². The number of amides is 2. The highest BCUT2D eigenvalue weighted by atomic mass is 16.5. The lowest BCUT2D eigenvalue weighted by Crippen LogP contribution is -2.53. The zero-order valence-electron chi connectivity index (χ0n) is 14.5. The molecular formula is C18H24N2O5. The van der Waals surface area contributed by atoms with Gasteiger partial charge in [-0.1, -0.05) is 29.8 Å². The van der Waals surface area contributed by atoms with Crippen molar-refractivity contribution in [3.63, 3.8) is 0 Å². The molecular weight excluding hydrogens is 324 g/mol. The summed E-state index contributed by atoms with van der Waals surface area (Å²) in [5.74, 6) is -1.60. The molecule has 2 amide bonds. The number of carbonyl (C=O) groups excluding carboxylic acids is 2. The first kappa shape index (κ1) is 18.9. The van der Waals surface area contributed by atoms with Gasteiger partial charge in [-0.3, -0.25) is 9.59 Å². The van der Waals surface area contributed by atoms with Gasteiger partial charge in [0.05, 0.1) is 19.2 Å². The zero-order valence-corrected chi connectivity index (χ0v) is 14.5. The Balaban J connectivity index is 1.75. The van der Waals surface area contributed by atoms with E-state index in [-0.39, 0.29) is 31.0 Å². The van der Waals surface area contributed by atoms with Crippen molar-refractivity contribution in [3.05, 3.63) is 35.4 Å². The Hall–Kier alpha value is -2.41. The third-order valence-electron chi connectivity index (χ3n) is 4.09. The fourth-order valence-corrected chi connectivity index (χ4v) is 2.68. The monoisotopic (exact) mass is 348 g/mol. The quantitative estimate of drug-likeness (QED) is 0.791. The fourth-order valence-electron chi connectivity index (χ4n) is 2.68. The van der Waals surface area contributed by atoms with E-state index in [0.29, 0.717) is 19.4 Å². The van der Waals surface area contributed by atoms with E-state index in [0.717, 1.165) is 5.56 Å². The third-order valence-corrected chi connectivity index (χ3v) is 4.09. The van der Waals surface area contributed by atoms with Crippen LogP contribution in [0.5, 0.6) is 0 Å². The highest BCUT2D eigenvalue weighted by molar-refractivity contribution is 5.85. The van der Waals surface area contributed by atoms with Crippen LogP contribution in [0, 0.1) is 6.92 Å². The van der Waals surface area contributed by atoms with E-state index in [1.54, 1.807) is 6.92 Å².